The van der Waals surface area contributed by atoms with Gasteiger partial charge in [-0.1, -0.05) is 72.8 Å². The highest BCUT2D eigenvalue weighted by Crippen LogP contribution is 2.21. The number of benzene rings is 4. The number of phenols is 1. The number of phenolic OH excluding ortho intramolecular Hbond substituents is 1. The molecule has 0 radical (unpaired) electrons. The molecule has 5 aromatic rings. The molecule has 77 heavy (non-hydrogen) atoms. The van der Waals surface area contributed by atoms with Crippen molar-refractivity contribution in [2.45, 2.75) is 113 Å². The third-order valence-corrected chi connectivity index (χ3v) is 13.4. The van der Waals surface area contributed by atoms with E-state index in [0.29, 0.717) is 28.5 Å². The third-order valence-electron chi connectivity index (χ3n) is 12.7. The fraction of sp³-hybridized carbons (Fsp3) is 0.396. The predicted octanol–water partition coefficient (Wildman–Crippen LogP) is -0.390. The first-order chi connectivity index (χ1) is 36.7. The number of carbonyl (C=O) groups is 8. The largest absolute Gasteiger partial charge is 0.508 e. The maximum Gasteiger partial charge on any atom is 0.328 e. The number of thiol groups is 2. The van der Waals surface area contributed by atoms with Crippen molar-refractivity contribution in [1.82, 2.24) is 42.2 Å². The zero-order valence-electron chi connectivity index (χ0n) is 42.5. The molecule has 1 aromatic heterocycles. The molecule has 0 aliphatic rings. The Morgan fingerprint density at radius 1 is 0.558 bits per heavy atom. The van der Waals surface area contributed by atoms with Crippen molar-refractivity contribution in [3.05, 3.63) is 114 Å². The van der Waals surface area contributed by atoms with Gasteiger partial charge in [-0.05, 0) is 91.7 Å². The van der Waals surface area contributed by atoms with E-state index in [2.05, 4.69) is 67.5 Å². The first kappa shape index (κ1) is 60.6. The molecule has 10 atom stereocenters. The lowest BCUT2D eigenvalue weighted by atomic mass is 10.0. The van der Waals surface area contributed by atoms with Gasteiger partial charge in [-0.3, -0.25) is 33.6 Å². The van der Waals surface area contributed by atoms with Crippen LogP contribution in [0.15, 0.2) is 97.2 Å². The maximum absolute atomic E-state index is 14.7. The molecular formula is C53H68N10O12S2. The number of carboxylic acids is 1. The van der Waals surface area contributed by atoms with Crippen LogP contribution < -0.4 is 48.7 Å². The Balaban J connectivity index is 1.39. The summed E-state index contributed by atoms with van der Waals surface area (Å²) in [6.45, 7) is 2.54. The number of unbranched alkanes of at least 4 members (excludes halogenated alkanes) is 1. The van der Waals surface area contributed by atoms with Crippen LogP contribution in [0.4, 0.5) is 0 Å². The molecule has 414 valence electrons. The van der Waals surface area contributed by atoms with Crippen LogP contribution in [0.3, 0.4) is 0 Å². The number of para-hydroxylation sites is 1. The number of aromatic hydroxyl groups is 1. The molecule has 7 amide bonds. The van der Waals surface area contributed by atoms with Crippen molar-refractivity contribution in [1.29, 1.82) is 0 Å². The molecule has 0 unspecified atom stereocenters. The molecule has 0 aliphatic carbocycles. The van der Waals surface area contributed by atoms with Crippen molar-refractivity contribution < 1.29 is 58.8 Å². The van der Waals surface area contributed by atoms with Crippen molar-refractivity contribution in [3.63, 3.8) is 0 Å². The van der Waals surface area contributed by atoms with Crippen molar-refractivity contribution in [3.8, 4) is 5.75 Å². The Morgan fingerprint density at radius 3 is 1.68 bits per heavy atom. The van der Waals surface area contributed by atoms with Crippen LogP contribution in [-0.2, 0) is 57.6 Å². The van der Waals surface area contributed by atoms with Gasteiger partial charge in [-0.25, -0.2) is 4.79 Å². The van der Waals surface area contributed by atoms with Crippen molar-refractivity contribution in [2.75, 3.05) is 18.1 Å². The van der Waals surface area contributed by atoms with Crippen LogP contribution in [0.25, 0.3) is 21.7 Å². The maximum atomic E-state index is 14.7. The van der Waals surface area contributed by atoms with E-state index in [1.165, 1.54) is 31.2 Å². The molecule has 1 heterocycles. The number of carbonyl (C=O) groups excluding carboxylic acids is 7. The van der Waals surface area contributed by atoms with Gasteiger partial charge < -0.3 is 74.1 Å². The topological polar surface area (TPSA) is 370 Å². The Hall–Kier alpha value is -7.22. The number of carboxylic acid groups (broad SMARTS) is 1. The van der Waals surface area contributed by atoms with E-state index >= 15 is 0 Å². The van der Waals surface area contributed by atoms with E-state index in [1.807, 2.05) is 48.5 Å². The minimum absolute atomic E-state index is 0.0451. The van der Waals surface area contributed by atoms with E-state index < -0.39 is 108 Å². The summed E-state index contributed by atoms with van der Waals surface area (Å²) in [5.74, 6) is -8.41. The zero-order chi connectivity index (χ0) is 56.3. The number of rotatable bonds is 29. The first-order valence-corrected chi connectivity index (χ1v) is 26.2. The highest BCUT2D eigenvalue weighted by molar-refractivity contribution is 7.80. The summed E-state index contributed by atoms with van der Waals surface area (Å²) in [5, 5.41) is 60.4. The lowest BCUT2D eigenvalue weighted by molar-refractivity contribution is -0.145. The fourth-order valence-corrected chi connectivity index (χ4v) is 8.84. The monoisotopic (exact) mass is 1100 g/mol. The first-order valence-electron chi connectivity index (χ1n) is 24.9. The molecule has 0 saturated heterocycles. The summed E-state index contributed by atoms with van der Waals surface area (Å²) in [7, 11) is 0. The van der Waals surface area contributed by atoms with Crippen LogP contribution >= 0.6 is 25.3 Å². The summed E-state index contributed by atoms with van der Waals surface area (Å²) in [5.41, 5.74) is 14.7. The molecule has 0 aliphatic heterocycles. The number of aliphatic hydroxyl groups excluding tert-OH is 2. The average molecular weight is 1100 g/mol. The van der Waals surface area contributed by atoms with E-state index in [4.69, 9.17) is 11.5 Å². The highest BCUT2D eigenvalue weighted by atomic mass is 32.1. The number of aliphatic hydroxyl groups is 2. The number of aromatic nitrogens is 1. The summed E-state index contributed by atoms with van der Waals surface area (Å²) < 4.78 is 0. The molecule has 5 rings (SSSR count). The van der Waals surface area contributed by atoms with Gasteiger partial charge in [0.1, 0.15) is 42.0 Å². The predicted molar refractivity (Wildman–Crippen MR) is 295 cm³/mol. The quantitative estimate of drug-likeness (QED) is 0.0214. The second-order valence-corrected chi connectivity index (χ2v) is 19.4. The molecule has 0 fully saturated rings. The Kier molecular flexibility index (Phi) is 23.1. The number of aliphatic carboxylic acids is 1. The average Bonchev–Trinajstić information content (AvgIpc) is 3.82. The van der Waals surface area contributed by atoms with Crippen molar-refractivity contribution in [2.24, 2.45) is 11.5 Å². The van der Waals surface area contributed by atoms with Crippen LogP contribution in [0.5, 0.6) is 5.75 Å². The molecule has 22 nitrogen and oxygen atoms in total. The van der Waals surface area contributed by atoms with Crippen LogP contribution in [0.2, 0.25) is 0 Å². The van der Waals surface area contributed by atoms with Crippen LogP contribution in [-0.4, -0.2) is 151 Å². The second-order valence-electron chi connectivity index (χ2n) is 18.7. The smallest absolute Gasteiger partial charge is 0.328 e. The van der Waals surface area contributed by atoms with Gasteiger partial charge in [-0.2, -0.15) is 25.3 Å². The summed E-state index contributed by atoms with van der Waals surface area (Å²) in [4.78, 5) is 112. The number of hydrogen-bond acceptors (Lipinski definition) is 15. The van der Waals surface area contributed by atoms with Gasteiger partial charge in [0, 0.05) is 41.4 Å². The summed E-state index contributed by atoms with van der Waals surface area (Å²) in [6, 6.07) is 14.8. The molecule has 24 heteroatoms. The normalized spacial score (nSPS) is 15.2. The van der Waals surface area contributed by atoms with Gasteiger partial charge >= 0.3 is 5.97 Å². The molecule has 0 saturated carbocycles. The number of aromatic amines is 1. The molecule has 0 spiro atoms. The Labute approximate surface area is 455 Å². The zero-order valence-corrected chi connectivity index (χ0v) is 44.3. The highest BCUT2D eigenvalue weighted by Gasteiger charge is 2.36. The fourth-order valence-electron chi connectivity index (χ4n) is 8.33. The van der Waals surface area contributed by atoms with Gasteiger partial charge in [0.15, 0.2) is 6.04 Å². The lowest BCUT2D eigenvalue weighted by Crippen LogP contribution is -2.62. The summed E-state index contributed by atoms with van der Waals surface area (Å²) in [6.07, 6.45) is -0.990. The molecule has 16 N–H and O–H groups in total. The number of nitrogens with two attached hydrogens (primary N) is 2. The Morgan fingerprint density at radius 2 is 1.06 bits per heavy atom. The van der Waals surface area contributed by atoms with E-state index in [0.717, 1.165) is 23.3 Å². The van der Waals surface area contributed by atoms with Gasteiger partial charge in [0.2, 0.25) is 41.4 Å². The second kappa shape index (κ2) is 29.3. The number of H-pyrrole nitrogens is 1. The van der Waals surface area contributed by atoms with Crippen LogP contribution in [0, 0.1) is 0 Å². The Bertz CT molecular complexity index is 2850. The lowest BCUT2D eigenvalue weighted by Gasteiger charge is -2.28. The number of nitrogens with one attached hydrogen (secondary N) is 8. The van der Waals surface area contributed by atoms with Gasteiger partial charge in [-0.15, -0.1) is 0 Å². The summed E-state index contributed by atoms with van der Waals surface area (Å²) >= 11 is 8.42. The minimum atomic E-state index is -1.74. The van der Waals surface area contributed by atoms with Crippen molar-refractivity contribution >= 4 is 94.3 Å². The SMILES string of the molecule is C[C@@H](O)[C@H](NC(=O)[C@H](CS)NC(=O)[C@@H](NC(=O)[C@H](CCCCN)NC(=O)[C@H](Cc1c[nH]c2ccccc12)NC(=O)[C@H](Cc1ccc(O)cc1)NC(=O)[C@H](CS)NC(=O)[C@H](N)Cc1ccc2ccccc2c1)[C@@H](C)O)C(=O)O. The van der Waals surface area contributed by atoms with E-state index in [-0.39, 0.29) is 55.9 Å². The third kappa shape index (κ3) is 17.7. The molecular weight excluding hydrogens is 1030 g/mol. The van der Waals surface area contributed by atoms with Gasteiger partial charge in [0.05, 0.1) is 18.2 Å². The number of hydrogen-bond donors (Lipinski definition) is 16. The van der Waals surface area contributed by atoms with E-state index in [1.54, 1.807) is 24.4 Å². The van der Waals surface area contributed by atoms with Gasteiger partial charge in [0.25, 0.3) is 0 Å². The molecule has 4 aromatic carbocycles. The number of amides is 7. The standard InChI is InChI=1S/C53H68N10O12S2/c1-28(64)44(52(73)61-43(27-77)51(72)63-45(29(2)65)53(74)75)62-47(68)39(13-7-8-20-54)57-49(70)41(24-34-25-56-38-12-6-5-11-36(34)38)59-48(69)40(23-30-15-18-35(66)19-16-30)58-50(71)42(26-76)60-46(67)37(55)22-31-14-17-32-9-3-4-10-33(32)21-31/h3-6,9-12,14-19,21,25,28-29,37,39-45,56,64-66,76-77H,7-8,13,20,22-24,26-27,54-55H2,1-2H3,(H,57,70)(H,58,71)(H,59,69)(H,60,67)(H,61,73)(H,62,68)(H,63,72)(H,74,75)/t28-,29-,37-,39+,40+,41+,42+,43+,44+,45+/m1/s1. The van der Waals surface area contributed by atoms with Crippen LogP contribution in [0.1, 0.15) is 49.8 Å². The van der Waals surface area contributed by atoms with E-state index in [9.17, 15) is 58.8 Å². The number of fused-ring (bicyclic) bond motifs is 2. The molecule has 0 bridgehead atoms. The minimum Gasteiger partial charge on any atom is -0.508 e.